The lowest BCUT2D eigenvalue weighted by atomic mass is 10.1. The molecule has 1 aromatic heterocycles. The molecular weight excluding hydrogens is 172 g/mol. The average molecular weight is 185 g/mol. The van der Waals surface area contributed by atoms with Crippen LogP contribution < -0.4 is 0 Å². The molecule has 0 unspecified atom stereocenters. The summed E-state index contributed by atoms with van der Waals surface area (Å²) in [5.41, 5.74) is 1.01. The average Bonchev–Trinajstić information content (AvgIpc) is 2.47. The fourth-order valence-electron chi connectivity index (χ4n) is 1.03. The molecular formula is C9H13ClN2. The van der Waals surface area contributed by atoms with Gasteiger partial charge in [-0.3, -0.25) is 0 Å². The van der Waals surface area contributed by atoms with Crippen LogP contribution in [0.4, 0.5) is 0 Å². The van der Waals surface area contributed by atoms with E-state index in [0.29, 0.717) is 0 Å². The zero-order chi connectivity index (χ0) is 8.97. The van der Waals surface area contributed by atoms with Gasteiger partial charge in [-0.1, -0.05) is 19.9 Å². The Bertz CT molecular complexity index is 265. The van der Waals surface area contributed by atoms with Crippen LogP contribution in [0.2, 0.25) is 0 Å². The lowest BCUT2D eigenvalue weighted by molar-refractivity contribution is 0.819. The van der Waals surface area contributed by atoms with E-state index < -0.39 is 0 Å². The molecule has 0 saturated heterocycles. The van der Waals surface area contributed by atoms with Gasteiger partial charge in [0.05, 0.1) is 0 Å². The molecule has 1 heterocycles. The molecule has 0 spiro atoms. The third-order valence-corrected chi connectivity index (χ3v) is 2.02. The Hall–Kier alpha value is -0.760. The summed E-state index contributed by atoms with van der Waals surface area (Å²) in [6, 6.07) is 0. The normalized spacial score (nSPS) is 10.2. The Balaban J connectivity index is 2.59. The molecule has 0 aliphatic carbocycles. The highest BCUT2D eigenvalue weighted by molar-refractivity contribution is 6.16. The number of unbranched alkanes of at least 4 members (excludes halogenated alkanes) is 1. The van der Waals surface area contributed by atoms with E-state index in [1.165, 1.54) is 10.5 Å². The van der Waals surface area contributed by atoms with Gasteiger partial charge in [0, 0.05) is 24.2 Å². The van der Waals surface area contributed by atoms with Crippen molar-refractivity contribution in [3.8, 4) is 0 Å². The van der Waals surface area contributed by atoms with Gasteiger partial charge in [0.15, 0.2) is 0 Å². The van der Waals surface area contributed by atoms with Crippen LogP contribution in [-0.2, 0) is 0 Å². The molecule has 1 aromatic rings. The molecule has 0 aliphatic heterocycles. The third kappa shape index (κ3) is 2.11. The fourth-order valence-corrected chi connectivity index (χ4v) is 1.25. The molecule has 0 atom stereocenters. The van der Waals surface area contributed by atoms with Gasteiger partial charge in [-0.2, -0.15) is 0 Å². The number of rotatable bonds is 4. The Morgan fingerprint density at radius 1 is 1.75 bits per heavy atom. The number of aromatic nitrogens is 2. The lowest BCUT2D eigenvalue weighted by Gasteiger charge is -2.02. The first-order valence-electron chi connectivity index (χ1n) is 4.13. The van der Waals surface area contributed by atoms with E-state index in [0.717, 1.165) is 24.2 Å². The quantitative estimate of drug-likeness (QED) is 0.703. The van der Waals surface area contributed by atoms with Crippen molar-refractivity contribution < 1.29 is 0 Å². The largest absolute Gasteiger partial charge is 0.242 e. The molecule has 2 nitrogen and oxygen atoms in total. The first kappa shape index (κ1) is 9.33. The highest BCUT2D eigenvalue weighted by atomic mass is 35.5. The molecule has 0 aromatic carbocycles. The summed E-state index contributed by atoms with van der Waals surface area (Å²) >= 11 is 5.81. The molecule has 3 heteroatoms. The highest BCUT2D eigenvalue weighted by Crippen LogP contribution is 2.17. The van der Waals surface area contributed by atoms with Gasteiger partial charge in [-0.25, -0.2) is 9.07 Å². The Labute approximate surface area is 78.0 Å². The standard InChI is InChI=1S/C9H13ClN2/c1-3-4-5-8(2)9-11-6-7-12(9)10/h6-7H,2-5H2,1H3. The van der Waals surface area contributed by atoms with Crippen LogP contribution in [0.25, 0.3) is 5.57 Å². The van der Waals surface area contributed by atoms with E-state index in [9.17, 15) is 0 Å². The van der Waals surface area contributed by atoms with Crippen molar-refractivity contribution in [3.63, 3.8) is 0 Å². The second-order valence-electron chi connectivity index (χ2n) is 2.77. The molecule has 0 aliphatic rings. The number of imidazole rings is 1. The summed E-state index contributed by atoms with van der Waals surface area (Å²) in [6.45, 7) is 6.08. The lowest BCUT2D eigenvalue weighted by Crippen LogP contribution is -1.90. The van der Waals surface area contributed by atoms with Gasteiger partial charge in [0.25, 0.3) is 0 Å². The Kier molecular flexibility index (Phi) is 3.35. The molecule has 66 valence electrons. The molecule has 12 heavy (non-hydrogen) atoms. The zero-order valence-electron chi connectivity index (χ0n) is 7.26. The predicted molar refractivity (Wildman–Crippen MR) is 52.0 cm³/mol. The third-order valence-electron chi connectivity index (χ3n) is 1.75. The molecule has 0 radical (unpaired) electrons. The molecule has 0 fully saturated rings. The van der Waals surface area contributed by atoms with Crippen molar-refractivity contribution >= 4 is 17.3 Å². The molecule has 0 amide bonds. The van der Waals surface area contributed by atoms with Crippen molar-refractivity contribution in [3.05, 3.63) is 24.8 Å². The fraction of sp³-hybridized carbons (Fsp3) is 0.444. The topological polar surface area (TPSA) is 17.8 Å². The summed E-state index contributed by atoms with van der Waals surface area (Å²) in [5, 5.41) is 0. The molecule has 0 bridgehead atoms. The highest BCUT2D eigenvalue weighted by Gasteiger charge is 2.03. The number of hydrogen-bond donors (Lipinski definition) is 0. The number of halogens is 1. The van der Waals surface area contributed by atoms with Crippen molar-refractivity contribution in [2.45, 2.75) is 26.2 Å². The van der Waals surface area contributed by atoms with E-state index >= 15 is 0 Å². The van der Waals surface area contributed by atoms with Crippen LogP contribution >= 0.6 is 11.8 Å². The van der Waals surface area contributed by atoms with Crippen LogP contribution in [-0.4, -0.2) is 9.07 Å². The van der Waals surface area contributed by atoms with E-state index in [-0.39, 0.29) is 0 Å². The predicted octanol–water partition coefficient (Wildman–Crippen LogP) is 3.09. The van der Waals surface area contributed by atoms with Crippen molar-refractivity contribution in [2.24, 2.45) is 0 Å². The Morgan fingerprint density at radius 2 is 2.50 bits per heavy atom. The van der Waals surface area contributed by atoms with E-state index in [2.05, 4.69) is 18.5 Å². The van der Waals surface area contributed by atoms with Crippen LogP contribution in [0.3, 0.4) is 0 Å². The maximum absolute atomic E-state index is 5.81. The van der Waals surface area contributed by atoms with Crippen LogP contribution in [0.15, 0.2) is 19.0 Å². The van der Waals surface area contributed by atoms with Gasteiger partial charge in [-0.15, -0.1) is 0 Å². The summed E-state index contributed by atoms with van der Waals surface area (Å²) in [6.07, 6.45) is 6.68. The first-order valence-corrected chi connectivity index (χ1v) is 4.47. The SMILES string of the molecule is C=C(CCCC)c1nccn1Cl. The molecule has 0 saturated carbocycles. The smallest absolute Gasteiger partial charge is 0.149 e. The van der Waals surface area contributed by atoms with Gasteiger partial charge < -0.3 is 0 Å². The van der Waals surface area contributed by atoms with Crippen molar-refractivity contribution in [1.29, 1.82) is 0 Å². The van der Waals surface area contributed by atoms with Crippen molar-refractivity contribution in [2.75, 3.05) is 0 Å². The summed E-state index contributed by atoms with van der Waals surface area (Å²) < 4.78 is 1.48. The first-order chi connectivity index (χ1) is 5.75. The van der Waals surface area contributed by atoms with Gasteiger partial charge in [-0.05, 0) is 18.4 Å². The monoisotopic (exact) mass is 184 g/mol. The number of nitrogens with zero attached hydrogens (tertiary/aromatic N) is 2. The van der Waals surface area contributed by atoms with Gasteiger partial charge in [0.2, 0.25) is 0 Å². The van der Waals surface area contributed by atoms with E-state index in [1.807, 2.05) is 0 Å². The summed E-state index contributed by atoms with van der Waals surface area (Å²) in [7, 11) is 0. The van der Waals surface area contributed by atoms with E-state index in [4.69, 9.17) is 11.8 Å². The summed E-state index contributed by atoms with van der Waals surface area (Å²) in [5.74, 6) is 0.783. The van der Waals surface area contributed by atoms with E-state index in [1.54, 1.807) is 12.4 Å². The minimum absolute atomic E-state index is 0.783. The summed E-state index contributed by atoms with van der Waals surface area (Å²) in [4.78, 5) is 4.10. The number of allylic oxidation sites excluding steroid dienone is 1. The van der Waals surface area contributed by atoms with Gasteiger partial charge >= 0.3 is 0 Å². The van der Waals surface area contributed by atoms with Gasteiger partial charge in [0.1, 0.15) is 5.82 Å². The van der Waals surface area contributed by atoms with Crippen LogP contribution in [0.5, 0.6) is 0 Å². The maximum atomic E-state index is 5.81. The number of hydrogen-bond acceptors (Lipinski definition) is 1. The second-order valence-corrected chi connectivity index (χ2v) is 3.13. The van der Waals surface area contributed by atoms with Crippen LogP contribution in [0.1, 0.15) is 32.0 Å². The maximum Gasteiger partial charge on any atom is 0.149 e. The minimum atomic E-state index is 0.783. The molecule has 1 rings (SSSR count). The van der Waals surface area contributed by atoms with Crippen LogP contribution in [0, 0.1) is 0 Å². The molecule has 0 N–H and O–H groups in total. The zero-order valence-corrected chi connectivity index (χ0v) is 8.01. The Morgan fingerprint density at radius 3 is 3.00 bits per heavy atom. The minimum Gasteiger partial charge on any atom is -0.242 e. The van der Waals surface area contributed by atoms with Crippen molar-refractivity contribution in [1.82, 2.24) is 9.07 Å². The second kappa shape index (κ2) is 4.31.